The zero-order valence-electron chi connectivity index (χ0n) is 15.3. The second-order valence-electron chi connectivity index (χ2n) is 6.00. The minimum atomic E-state index is -3.55. The van der Waals surface area contributed by atoms with Crippen LogP contribution >= 0.6 is 0 Å². The van der Waals surface area contributed by atoms with Crippen molar-refractivity contribution in [1.29, 1.82) is 0 Å². The fraction of sp³-hybridized carbons (Fsp3) is 0.588. The predicted molar refractivity (Wildman–Crippen MR) is 98.4 cm³/mol. The second kappa shape index (κ2) is 9.75. The third kappa shape index (κ3) is 6.15. The van der Waals surface area contributed by atoms with E-state index in [2.05, 4.69) is 4.72 Å². The monoisotopic (exact) mass is 385 g/mol. The topological polar surface area (TPSA) is 88.2 Å². The van der Waals surface area contributed by atoms with Crippen molar-refractivity contribution in [3.63, 3.8) is 0 Å². The number of carbonyl (C=O) groups excluding carboxylic acids is 1. The lowest BCUT2D eigenvalue weighted by Crippen LogP contribution is -2.53. The maximum absolute atomic E-state index is 12.3. The van der Waals surface area contributed by atoms with Crippen molar-refractivity contribution in [2.75, 3.05) is 45.9 Å². The molecule has 1 heterocycles. The van der Waals surface area contributed by atoms with E-state index in [-0.39, 0.29) is 13.1 Å². The molecule has 26 heavy (non-hydrogen) atoms. The highest BCUT2D eigenvalue weighted by atomic mass is 32.2. The first-order valence-corrected chi connectivity index (χ1v) is 10.2. The third-order valence-corrected chi connectivity index (χ3v) is 5.58. The summed E-state index contributed by atoms with van der Waals surface area (Å²) in [6, 6.07) is 7.72. The molecule has 1 aromatic rings. The van der Waals surface area contributed by atoms with E-state index in [1.54, 1.807) is 6.92 Å². The van der Waals surface area contributed by atoms with Crippen molar-refractivity contribution >= 4 is 16.3 Å². The van der Waals surface area contributed by atoms with Crippen LogP contribution in [0.1, 0.15) is 18.9 Å². The van der Waals surface area contributed by atoms with Gasteiger partial charge < -0.3 is 14.4 Å². The molecule has 1 aliphatic heterocycles. The van der Waals surface area contributed by atoms with Crippen LogP contribution in [0.3, 0.4) is 0 Å². The zero-order chi connectivity index (χ0) is 19.0. The number of carbonyl (C=O) groups is 1. The Morgan fingerprint density at radius 1 is 1.23 bits per heavy atom. The summed E-state index contributed by atoms with van der Waals surface area (Å²) in [6.07, 6.45) is 0.168. The van der Waals surface area contributed by atoms with E-state index in [9.17, 15) is 13.2 Å². The Bertz CT molecular complexity index is 687. The van der Waals surface area contributed by atoms with Gasteiger partial charge in [-0.15, -0.1) is 0 Å². The van der Waals surface area contributed by atoms with Crippen molar-refractivity contribution in [3.05, 3.63) is 29.8 Å². The average molecular weight is 385 g/mol. The molecule has 0 unspecified atom stereocenters. The normalized spacial score (nSPS) is 15.7. The van der Waals surface area contributed by atoms with Gasteiger partial charge in [0.2, 0.25) is 0 Å². The number of benzene rings is 1. The van der Waals surface area contributed by atoms with E-state index in [4.69, 9.17) is 9.47 Å². The summed E-state index contributed by atoms with van der Waals surface area (Å²) in [5.41, 5.74) is 1.12. The van der Waals surface area contributed by atoms with Gasteiger partial charge in [-0.1, -0.05) is 12.1 Å². The number of aryl methyl sites for hydroxylation is 1. The molecule has 0 spiro atoms. The van der Waals surface area contributed by atoms with Gasteiger partial charge in [0.05, 0.1) is 13.2 Å². The molecule has 1 aliphatic rings. The van der Waals surface area contributed by atoms with Gasteiger partial charge in [0.15, 0.2) is 0 Å². The molecule has 1 saturated heterocycles. The van der Waals surface area contributed by atoms with Crippen LogP contribution in [0.4, 0.5) is 4.79 Å². The largest absolute Gasteiger partial charge is 0.494 e. The molecule has 2 rings (SSSR count). The average Bonchev–Trinajstić information content (AvgIpc) is 2.62. The molecule has 1 N–H and O–H groups in total. The maximum Gasteiger partial charge on any atom is 0.409 e. The van der Waals surface area contributed by atoms with Crippen molar-refractivity contribution < 1.29 is 22.7 Å². The Labute approximate surface area is 155 Å². The van der Waals surface area contributed by atoms with Crippen LogP contribution in [0.5, 0.6) is 5.75 Å². The van der Waals surface area contributed by atoms with Gasteiger partial charge >= 0.3 is 6.09 Å². The Kier molecular flexibility index (Phi) is 7.67. The Hall–Kier alpha value is -1.84. The smallest absolute Gasteiger partial charge is 0.409 e. The lowest BCUT2D eigenvalue weighted by Gasteiger charge is -2.33. The molecule has 0 aliphatic carbocycles. The Morgan fingerprint density at radius 3 is 2.62 bits per heavy atom. The molecule has 0 radical (unpaired) electrons. The number of nitrogens with zero attached hydrogens (tertiary/aromatic N) is 2. The maximum atomic E-state index is 12.3. The second-order valence-corrected chi connectivity index (χ2v) is 7.76. The fourth-order valence-electron chi connectivity index (χ4n) is 2.59. The molecule has 1 amide bonds. The number of hydrogen-bond acceptors (Lipinski definition) is 5. The van der Waals surface area contributed by atoms with Gasteiger partial charge in [0.25, 0.3) is 10.2 Å². The van der Waals surface area contributed by atoms with Crippen LogP contribution in [-0.4, -0.2) is 69.7 Å². The van der Waals surface area contributed by atoms with E-state index >= 15 is 0 Å². The van der Waals surface area contributed by atoms with Gasteiger partial charge in [-0.25, -0.2) is 9.52 Å². The lowest BCUT2D eigenvalue weighted by molar-refractivity contribution is 0.0932. The first-order chi connectivity index (χ1) is 12.4. The van der Waals surface area contributed by atoms with Crippen LogP contribution in [0.2, 0.25) is 0 Å². The van der Waals surface area contributed by atoms with Gasteiger partial charge in [0, 0.05) is 32.7 Å². The first-order valence-electron chi connectivity index (χ1n) is 8.78. The molecule has 8 nitrogen and oxygen atoms in total. The van der Waals surface area contributed by atoms with E-state index in [0.29, 0.717) is 39.3 Å². The summed E-state index contributed by atoms with van der Waals surface area (Å²) in [7, 11) is -3.55. The molecule has 0 atom stereocenters. The van der Waals surface area contributed by atoms with Crippen molar-refractivity contribution in [2.45, 2.75) is 20.3 Å². The number of ether oxygens (including phenoxy) is 2. The van der Waals surface area contributed by atoms with Gasteiger partial charge in [-0.05, 0) is 38.0 Å². The van der Waals surface area contributed by atoms with E-state index < -0.39 is 16.3 Å². The van der Waals surface area contributed by atoms with Crippen molar-refractivity contribution in [1.82, 2.24) is 13.9 Å². The molecule has 1 aromatic carbocycles. The molecule has 146 valence electrons. The highest BCUT2D eigenvalue weighted by molar-refractivity contribution is 7.87. The predicted octanol–water partition coefficient (Wildman–Crippen LogP) is 1.37. The summed E-state index contributed by atoms with van der Waals surface area (Å²) in [6.45, 7) is 5.94. The van der Waals surface area contributed by atoms with Crippen molar-refractivity contribution in [3.8, 4) is 5.75 Å². The van der Waals surface area contributed by atoms with Crippen LogP contribution in [-0.2, 0) is 14.9 Å². The quantitative estimate of drug-likeness (QED) is 0.683. The highest BCUT2D eigenvalue weighted by Crippen LogP contribution is 2.12. The van der Waals surface area contributed by atoms with E-state index in [0.717, 1.165) is 11.3 Å². The number of amides is 1. The summed E-state index contributed by atoms with van der Waals surface area (Å²) in [5.74, 6) is 0.781. The number of nitrogens with one attached hydrogen (secondary N) is 1. The van der Waals surface area contributed by atoms with E-state index in [1.807, 2.05) is 31.2 Å². The first kappa shape index (κ1) is 20.5. The minimum Gasteiger partial charge on any atom is -0.494 e. The molecule has 1 fully saturated rings. The van der Waals surface area contributed by atoms with Crippen LogP contribution in [0.25, 0.3) is 0 Å². The number of piperazine rings is 1. The van der Waals surface area contributed by atoms with E-state index in [1.165, 1.54) is 9.21 Å². The standard InChI is InChI=1S/C17H27N3O5S/c1-3-24-17(21)19-9-11-20(12-10-19)26(22,23)18-8-5-13-25-16-7-4-6-15(2)14-16/h4,6-7,14,18H,3,5,8-13H2,1-2H3. The van der Waals surface area contributed by atoms with Gasteiger partial charge in [-0.2, -0.15) is 12.7 Å². The highest BCUT2D eigenvalue weighted by Gasteiger charge is 2.28. The minimum absolute atomic E-state index is 0.258. The molecule has 0 bridgehead atoms. The van der Waals surface area contributed by atoms with Gasteiger partial charge in [-0.3, -0.25) is 0 Å². The lowest BCUT2D eigenvalue weighted by atomic mass is 10.2. The molecular weight excluding hydrogens is 358 g/mol. The molecular formula is C17H27N3O5S. The van der Waals surface area contributed by atoms with Gasteiger partial charge in [0.1, 0.15) is 5.75 Å². The SMILES string of the molecule is CCOC(=O)N1CCN(S(=O)(=O)NCCCOc2cccc(C)c2)CC1. The summed E-state index contributed by atoms with van der Waals surface area (Å²) < 4.78 is 39.1. The number of hydrogen-bond donors (Lipinski definition) is 1. The summed E-state index contributed by atoms with van der Waals surface area (Å²) >= 11 is 0. The summed E-state index contributed by atoms with van der Waals surface area (Å²) in [4.78, 5) is 13.2. The zero-order valence-corrected chi connectivity index (χ0v) is 16.1. The molecule has 9 heteroatoms. The van der Waals surface area contributed by atoms with Crippen LogP contribution in [0.15, 0.2) is 24.3 Å². The van der Waals surface area contributed by atoms with Crippen molar-refractivity contribution in [2.24, 2.45) is 0 Å². The number of rotatable bonds is 8. The Morgan fingerprint density at radius 2 is 1.96 bits per heavy atom. The molecule has 0 saturated carbocycles. The fourth-order valence-corrected chi connectivity index (χ4v) is 3.81. The Balaban J connectivity index is 1.68. The molecule has 0 aromatic heterocycles. The third-order valence-electron chi connectivity index (χ3n) is 3.97. The van der Waals surface area contributed by atoms with Crippen LogP contribution < -0.4 is 9.46 Å². The summed E-state index contributed by atoms with van der Waals surface area (Å²) in [5, 5.41) is 0. The van der Waals surface area contributed by atoms with Crippen LogP contribution in [0, 0.1) is 6.92 Å².